The lowest BCUT2D eigenvalue weighted by molar-refractivity contribution is -0.575. The van der Waals surface area contributed by atoms with Gasteiger partial charge in [0, 0.05) is 11.8 Å². The van der Waals surface area contributed by atoms with Crippen molar-refractivity contribution in [3.8, 4) is 0 Å². The minimum Gasteiger partial charge on any atom is -0.466 e. The van der Waals surface area contributed by atoms with Crippen LogP contribution in [0.15, 0.2) is 83.8 Å². The van der Waals surface area contributed by atoms with Crippen molar-refractivity contribution in [1.29, 1.82) is 0 Å². The number of benzene rings is 3. The van der Waals surface area contributed by atoms with Crippen LogP contribution in [0.4, 0.5) is 5.69 Å². The van der Waals surface area contributed by atoms with Gasteiger partial charge in [-0.25, -0.2) is 8.42 Å². The van der Waals surface area contributed by atoms with Crippen molar-refractivity contribution in [3.05, 3.63) is 106 Å². The third-order valence-electron chi connectivity index (χ3n) is 6.81. The molecule has 1 aliphatic heterocycles. The number of carbonyl (C=O) groups is 1. The zero-order chi connectivity index (χ0) is 26.1. The Kier molecular flexibility index (Phi) is 6.86. The first kappa shape index (κ1) is 25.4. The van der Waals surface area contributed by atoms with Crippen LogP contribution in [0.1, 0.15) is 48.9 Å². The van der Waals surface area contributed by atoms with Crippen LogP contribution in [0.25, 0.3) is 0 Å². The van der Waals surface area contributed by atoms with Gasteiger partial charge in [0.1, 0.15) is 6.04 Å². The fourth-order valence-electron chi connectivity index (χ4n) is 5.00. The van der Waals surface area contributed by atoms with Crippen LogP contribution in [-0.4, -0.2) is 31.5 Å². The predicted molar refractivity (Wildman–Crippen MR) is 136 cm³/mol. The quantitative estimate of drug-likeness (QED) is 0.252. The summed E-state index contributed by atoms with van der Waals surface area (Å²) >= 11 is 0. The largest absolute Gasteiger partial charge is 0.466 e. The highest BCUT2D eigenvalue weighted by Crippen LogP contribution is 2.55. The zero-order valence-electron chi connectivity index (χ0n) is 20.3. The summed E-state index contributed by atoms with van der Waals surface area (Å²) in [5, 5.41) is 12.9. The van der Waals surface area contributed by atoms with Gasteiger partial charge in [-0.2, -0.15) is 0 Å². The van der Waals surface area contributed by atoms with Crippen molar-refractivity contribution in [2.24, 2.45) is 0 Å². The Balaban J connectivity index is 2.05. The van der Waals surface area contributed by atoms with E-state index in [-0.39, 0.29) is 17.9 Å². The van der Waals surface area contributed by atoms with E-state index in [2.05, 4.69) is 0 Å². The molecule has 1 heterocycles. The Morgan fingerprint density at radius 2 is 1.64 bits per heavy atom. The molecule has 4 rings (SSSR count). The first-order valence-electron chi connectivity index (χ1n) is 11.7. The molecule has 0 N–H and O–H groups in total. The molecule has 9 heteroatoms. The van der Waals surface area contributed by atoms with Gasteiger partial charge in [-0.05, 0) is 43.2 Å². The Morgan fingerprint density at radius 3 is 2.25 bits per heavy atom. The van der Waals surface area contributed by atoms with E-state index < -0.39 is 38.4 Å². The molecule has 8 nitrogen and oxygen atoms in total. The van der Waals surface area contributed by atoms with Crippen molar-refractivity contribution in [1.82, 2.24) is 0 Å². The number of aryl methyl sites for hydroxylation is 1. The molecule has 0 fully saturated rings. The number of nitrogens with zero attached hydrogens (tertiary/aromatic N) is 2. The lowest BCUT2D eigenvalue weighted by Gasteiger charge is -2.47. The number of rotatable bonds is 7. The Labute approximate surface area is 210 Å². The minimum absolute atomic E-state index is 0.0263. The topological polar surface area (TPSA) is 107 Å². The molecule has 188 valence electrons. The second kappa shape index (κ2) is 9.73. The van der Waals surface area contributed by atoms with E-state index in [1.54, 1.807) is 73.7 Å². The number of nitro groups is 1. The summed E-state index contributed by atoms with van der Waals surface area (Å²) in [6.07, 6.45) is -0.260. The van der Waals surface area contributed by atoms with Crippen LogP contribution in [0.2, 0.25) is 0 Å². The van der Waals surface area contributed by atoms with Crippen LogP contribution in [0, 0.1) is 17.0 Å². The number of carbonyl (C=O) groups excluding carboxylic acids is 1. The number of esters is 1. The van der Waals surface area contributed by atoms with Gasteiger partial charge in [-0.1, -0.05) is 66.2 Å². The smallest absolute Gasteiger partial charge is 0.306 e. The summed E-state index contributed by atoms with van der Waals surface area (Å²) in [5.41, 5.74) is 0.168. The number of para-hydroxylation sites is 1. The lowest BCUT2D eigenvalue weighted by Crippen LogP contribution is -2.58. The molecule has 0 aromatic heterocycles. The fraction of sp³-hybridized carbons (Fsp3) is 0.296. The Hall–Kier alpha value is -3.72. The van der Waals surface area contributed by atoms with Gasteiger partial charge < -0.3 is 4.74 Å². The summed E-state index contributed by atoms with van der Waals surface area (Å²) < 4.78 is 34.7. The zero-order valence-corrected chi connectivity index (χ0v) is 21.1. The molecule has 3 aromatic carbocycles. The number of anilines is 1. The van der Waals surface area contributed by atoms with E-state index in [0.29, 0.717) is 16.8 Å². The SMILES string of the molecule is CCOC(=O)C[C@@H]1c2ccccc2N(S(=O)(=O)c2ccc(C)cc2)[C@H](c2ccccc2)[C@@]1(C)[N+](=O)[O-]. The van der Waals surface area contributed by atoms with Crippen molar-refractivity contribution in [2.75, 3.05) is 10.9 Å². The van der Waals surface area contributed by atoms with Gasteiger partial charge in [0.25, 0.3) is 15.6 Å². The van der Waals surface area contributed by atoms with Gasteiger partial charge in [0.05, 0.1) is 29.5 Å². The van der Waals surface area contributed by atoms with Gasteiger partial charge in [-0.3, -0.25) is 19.2 Å². The van der Waals surface area contributed by atoms with E-state index in [1.807, 2.05) is 6.92 Å². The predicted octanol–water partition coefficient (Wildman–Crippen LogP) is 5.02. The summed E-state index contributed by atoms with van der Waals surface area (Å²) in [6.45, 7) is 5.08. The summed E-state index contributed by atoms with van der Waals surface area (Å²) in [7, 11) is -4.24. The molecule has 3 atom stereocenters. The van der Waals surface area contributed by atoms with Crippen molar-refractivity contribution in [2.45, 2.75) is 49.6 Å². The van der Waals surface area contributed by atoms with E-state index in [9.17, 15) is 23.3 Å². The average molecular weight is 509 g/mol. The third-order valence-corrected chi connectivity index (χ3v) is 8.60. The Morgan fingerprint density at radius 1 is 1.03 bits per heavy atom. The molecular weight excluding hydrogens is 480 g/mol. The molecular formula is C27H28N2O6S. The molecule has 36 heavy (non-hydrogen) atoms. The standard InChI is InChI=1S/C27H28N2O6S/c1-4-35-25(30)18-23-22-12-8-9-13-24(22)28(36(33,34)21-16-14-19(2)15-17-21)26(27(23,3)29(31)32)20-10-6-5-7-11-20/h5-17,23,26H,4,18H2,1-3H3/t23-,26-,27+/m1/s1. The molecule has 0 saturated carbocycles. The van der Waals surface area contributed by atoms with Crippen molar-refractivity contribution < 1.29 is 22.9 Å². The van der Waals surface area contributed by atoms with Crippen LogP contribution >= 0.6 is 0 Å². The van der Waals surface area contributed by atoms with Crippen molar-refractivity contribution >= 4 is 21.7 Å². The molecule has 0 bridgehead atoms. The van der Waals surface area contributed by atoms with Crippen LogP contribution in [-0.2, 0) is 19.6 Å². The Bertz CT molecular complexity index is 1370. The second-order valence-corrected chi connectivity index (χ2v) is 10.8. The molecule has 0 spiro atoms. The van der Waals surface area contributed by atoms with Crippen LogP contribution in [0.3, 0.4) is 0 Å². The fourth-order valence-corrected chi connectivity index (χ4v) is 6.74. The minimum atomic E-state index is -4.24. The van der Waals surface area contributed by atoms with Gasteiger partial charge >= 0.3 is 5.97 Å². The summed E-state index contributed by atoms with van der Waals surface area (Å²) in [6, 6.07) is 20.4. The summed E-state index contributed by atoms with van der Waals surface area (Å²) in [4.78, 5) is 25.1. The number of fused-ring (bicyclic) bond motifs is 1. The van der Waals surface area contributed by atoms with Gasteiger partial charge in [0.15, 0.2) is 0 Å². The molecule has 0 unspecified atom stereocenters. The van der Waals surface area contributed by atoms with Crippen LogP contribution in [0.5, 0.6) is 0 Å². The molecule has 0 saturated heterocycles. The van der Waals surface area contributed by atoms with E-state index in [1.165, 1.54) is 19.1 Å². The molecule has 3 aromatic rings. The second-order valence-electron chi connectivity index (χ2n) is 9.03. The van der Waals surface area contributed by atoms with Crippen molar-refractivity contribution in [3.63, 3.8) is 0 Å². The highest BCUT2D eigenvalue weighted by atomic mass is 32.2. The van der Waals surface area contributed by atoms with E-state index in [0.717, 1.165) is 9.87 Å². The molecule has 0 amide bonds. The first-order valence-corrected chi connectivity index (χ1v) is 13.1. The third kappa shape index (κ3) is 4.24. The average Bonchev–Trinajstić information content (AvgIpc) is 2.86. The number of hydrogen-bond acceptors (Lipinski definition) is 6. The maximum Gasteiger partial charge on any atom is 0.306 e. The van der Waals surface area contributed by atoms with Gasteiger partial charge in [-0.15, -0.1) is 0 Å². The first-order chi connectivity index (χ1) is 17.1. The monoisotopic (exact) mass is 508 g/mol. The lowest BCUT2D eigenvalue weighted by atomic mass is 9.69. The molecule has 0 aliphatic carbocycles. The van der Waals surface area contributed by atoms with E-state index in [4.69, 9.17) is 4.74 Å². The number of sulfonamides is 1. The molecule has 0 radical (unpaired) electrons. The van der Waals surface area contributed by atoms with E-state index >= 15 is 0 Å². The molecule has 1 aliphatic rings. The highest BCUT2D eigenvalue weighted by Gasteiger charge is 2.62. The van der Waals surface area contributed by atoms with Crippen LogP contribution < -0.4 is 4.31 Å². The van der Waals surface area contributed by atoms with Gasteiger partial charge in [0.2, 0.25) is 0 Å². The summed E-state index contributed by atoms with van der Waals surface area (Å²) in [5.74, 6) is -1.51. The number of ether oxygens (including phenoxy) is 1. The maximum atomic E-state index is 14.2. The highest BCUT2D eigenvalue weighted by molar-refractivity contribution is 7.92. The maximum absolute atomic E-state index is 14.2. The normalized spacial score (nSPS) is 21.5. The number of hydrogen-bond donors (Lipinski definition) is 0.